The summed E-state index contributed by atoms with van der Waals surface area (Å²) in [7, 11) is 0. The number of hydrogen-bond acceptors (Lipinski definition) is 4. The van der Waals surface area contributed by atoms with Gasteiger partial charge in [0.15, 0.2) is 5.96 Å². The zero-order valence-corrected chi connectivity index (χ0v) is 18.5. The number of rotatable bonds is 12. The number of guanidine groups is 1. The highest BCUT2D eigenvalue weighted by Crippen LogP contribution is 2.15. The molecule has 0 saturated carbocycles. The summed E-state index contributed by atoms with van der Waals surface area (Å²) >= 11 is 0. The third-order valence-electron chi connectivity index (χ3n) is 4.33. The van der Waals surface area contributed by atoms with Gasteiger partial charge in [0, 0.05) is 25.4 Å². The highest BCUT2D eigenvalue weighted by molar-refractivity contribution is 5.79. The Balaban J connectivity index is 2.28. The Morgan fingerprint density at radius 3 is 2.41 bits per heavy atom. The van der Waals surface area contributed by atoms with Crippen LogP contribution in [0.4, 0.5) is 0 Å². The molecule has 3 N–H and O–H groups in total. The molecule has 0 radical (unpaired) electrons. The molecule has 1 atom stereocenters. The van der Waals surface area contributed by atoms with Crippen molar-refractivity contribution in [3.05, 3.63) is 35.9 Å². The van der Waals surface area contributed by atoms with Gasteiger partial charge in [-0.05, 0) is 46.1 Å². The maximum absolute atomic E-state index is 11.7. The number of benzene rings is 1. The minimum atomic E-state index is -0.404. The van der Waals surface area contributed by atoms with Crippen LogP contribution >= 0.6 is 0 Å². The van der Waals surface area contributed by atoms with E-state index in [1.807, 2.05) is 58.0 Å². The quantitative estimate of drug-likeness (QED) is 0.214. The standard InChI is InChI=1S/C23H39N3O3/c1-5-24-22(26-17-20(18-27)19-13-9-8-10-14-19)25-16-12-7-6-11-15-21(28)29-23(2,3)4/h8-10,13-14,20,27H,5-7,11-12,15-18H2,1-4H3,(H2,24,25,26). The summed E-state index contributed by atoms with van der Waals surface area (Å²) in [6.07, 6.45) is 4.42. The lowest BCUT2D eigenvalue weighted by atomic mass is 10.0. The number of aliphatic hydroxyl groups excluding tert-OH is 1. The lowest BCUT2D eigenvalue weighted by Crippen LogP contribution is -2.38. The maximum Gasteiger partial charge on any atom is 0.306 e. The van der Waals surface area contributed by atoms with Gasteiger partial charge in [-0.2, -0.15) is 0 Å². The first kappa shape index (κ1) is 25.0. The highest BCUT2D eigenvalue weighted by Gasteiger charge is 2.15. The van der Waals surface area contributed by atoms with Crippen molar-refractivity contribution in [1.82, 2.24) is 10.6 Å². The van der Waals surface area contributed by atoms with Crippen molar-refractivity contribution in [3.63, 3.8) is 0 Å². The number of nitrogens with one attached hydrogen (secondary N) is 2. The molecule has 0 aliphatic heterocycles. The van der Waals surface area contributed by atoms with Crippen molar-refractivity contribution in [2.24, 2.45) is 4.99 Å². The first-order valence-corrected chi connectivity index (χ1v) is 10.8. The van der Waals surface area contributed by atoms with Gasteiger partial charge in [0.1, 0.15) is 5.60 Å². The molecule has 6 nitrogen and oxygen atoms in total. The first-order chi connectivity index (χ1) is 13.9. The van der Waals surface area contributed by atoms with Crippen LogP contribution in [0.5, 0.6) is 0 Å². The third kappa shape index (κ3) is 12.2. The highest BCUT2D eigenvalue weighted by atomic mass is 16.6. The normalized spacial score (nSPS) is 13.1. The van der Waals surface area contributed by atoms with Crippen LogP contribution in [-0.2, 0) is 9.53 Å². The molecule has 164 valence electrons. The van der Waals surface area contributed by atoms with Crippen LogP contribution in [0.25, 0.3) is 0 Å². The molecule has 0 aliphatic carbocycles. The van der Waals surface area contributed by atoms with E-state index in [1.54, 1.807) is 0 Å². The van der Waals surface area contributed by atoms with Gasteiger partial charge in [-0.3, -0.25) is 9.79 Å². The molecule has 0 fully saturated rings. The SMILES string of the molecule is CCNC(=NCC(CO)c1ccccc1)NCCCCCCC(=O)OC(C)(C)C. The fourth-order valence-electron chi connectivity index (χ4n) is 2.88. The molecule has 0 aliphatic rings. The lowest BCUT2D eigenvalue weighted by Gasteiger charge is -2.19. The average Bonchev–Trinajstić information content (AvgIpc) is 2.67. The second kappa shape index (κ2) is 14.0. The predicted octanol–water partition coefficient (Wildman–Crippen LogP) is 3.61. The van der Waals surface area contributed by atoms with Gasteiger partial charge in [0.25, 0.3) is 0 Å². The molecular weight excluding hydrogens is 366 g/mol. The van der Waals surface area contributed by atoms with Crippen molar-refractivity contribution in [2.45, 2.75) is 71.3 Å². The molecule has 0 bridgehead atoms. The van der Waals surface area contributed by atoms with E-state index in [-0.39, 0.29) is 18.5 Å². The van der Waals surface area contributed by atoms with Gasteiger partial charge in [-0.25, -0.2) is 0 Å². The maximum atomic E-state index is 11.7. The summed E-state index contributed by atoms with van der Waals surface area (Å²) in [5.41, 5.74) is 0.693. The molecule has 0 spiro atoms. The minimum absolute atomic E-state index is 0.000453. The zero-order chi connectivity index (χ0) is 21.5. The summed E-state index contributed by atoms with van der Waals surface area (Å²) in [5, 5.41) is 16.3. The number of aliphatic imine (C=N–C) groups is 1. The van der Waals surface area contributed by atoms with E-state index in [4.69, 9.17) is 4.74 Å². The Hall–Kier alpha value is -2.08. The molecule has 1 rings (SSSR count). The Kier molecular flexibility index (Phi) is 12.0. The Morgan fingerprint density at radius 1 is 1.10 bits per heavy atom. The fraction of sp³-hybridized carbons (Fsp3) is 0.652. The average molecular weight is 406 g/mol. The summed E-state index contributed by atoms with van der Waals surface area (Å²) in [5.74, 6) is 0.657. The van der Waals surface area contributed by atoms with Crippen molar-refractivity contribution in [1.29, 1.82) is 0 Å². The monoisotopic (exact) mass is 405 g/mol. The summed E-state index contributed by atoms with van der Waals surface area (Å²) in [4.78, 5) is 16.3. The van der Waals surface area contributed by atoms with Crippen LogP contribution in [0.3, 0.4) is 0 Å². The van der Waals surface area contributed by atoms with Crippen LogP contribution in [0.15, 0.2) is 35.3 Å². The van der Waals surface area contributed by atoms with E-state index in [2.05, 4.69) is 15.6 Å². The molecule has 0 amide bonds. The van der Waals surface area contributed by atoms with Crippen LogP contribution in [0, 0.1) is 0 Å². The first-order valence-electron chi connectivity index (χ1n) is 10.8. The molecule has 1 unspecified atom stereocenters. The number of carbonyl (C=O) groups is 1. The van der Waals surface area contributed by atoms with Crippen molar-refractivity contribution >= 4 is 11.9 Å². The van der Waals surface area contributed by atoms with Crippen LogP contribution < -0.4 is 10.6 Å². The van der Waals surface area contributed by atoms with E-state index < -0.39 is 5.60 Å². The van der Waals surface area contributed by atoms with Crippen molar-refractivity contribution in [2.75, 3.05) is 26.2 Å². The van der Waals surface area contributed by atoms with Gasteiger partial charge in [-0.15, -0.1) is 0 Å². The molecule has 6 heteroatoms. The minimum Gasteiger partial charge on any atom is -0.460 e. The van der Waals surface area contributed by atoms with Gasteiger partial charge >= 0.3 is 5.97 Å². The van der Waals surface area contributed by atoms with E-state index in [1.165, 1.54) is 0 Å². The molecule has 0 saturated heterocycles. The molecule has 1 aromatic rings. The largest absolute Gasteiger partial charge is 0.460 e. The zero-order valence-electron chi connectivity index (χ0n) is 18.5. The van der Waals surface area contributed by atoms with Gasteiger partial charge in [0.05, 0.1) is 13.2 Å². The van der Waals surface area contributed by atoms with Gasteiger partial charge in [0.2, 0.25) is 0 Å². The summed E-state index contributed by atoms with van der Waals surface area (Å²) in [6, 6.07) is 9.98. The number of hydrogen-bond donors (Lipinski definition) is 3. The number of carbonyl (C=O) groups excluding carboxylic acids is 1. The second-order valence-corrected chi connectivity index (χ2v) is 8.19. The number of ether oxygens (including phenoxy) is 1. The Morgan fingerprint density at radius 2 is 1.79 bits per heavy atom. The topological polar surface area (TPSA) is 83.0 Å². The van der Waals surface area contributed by atoms with Gasteiger partial charge in [-0.1, -0.05) is 43.2 Å². The molecule has 1 aromatic carbocycles. The lowest BCUT2D eigenvalue weighted by molar-refractivity contribution is -0.154. The van der Waals surface area contributed by atoms with Crippen molar-refractivity contribution in [3.8, 4) is 0 Å². The molecule has 0 aromatic heterocycles. The molecule has 29 heavy (non-hydrogen) atoms. The van der Waals surface area contributed by atoms with Crippen molar-refractivity contribution < 1.29 is 14.6 Å². The number of esters is 1. The van der Waals surface area contributed by atoms with E-state index in [9.17, 15) is 9.90 Å². The fourth-order valence-corrected chi connectivity index (χ4v) is 2.88. The Labute approximate surface area is 176 Å². The summed E-state index contributed by atoms with van der Waals surface area (Å²) in [6.45, 7) is 9.93. The third-order valence-corrected chi connectivity index (χ3v) is 4.33. The van der Waals surface area contributed by atoms with Crippen LogP contribution in [0.2, 0.25) is 0 Å². The van der Waals surface area contributed by atoms with E-state index in [0.29, 0.717) is 13.0 Å². The van der Waals surface area contributed by atoms with E-state index >= 15 is 0 Å². The van der Waals surface area contributed by atoms with E-state index in [0.717, 1.165) is 50.3 Å². The Bertz CT molecular complexity index is 597. The van der Waals surface area contributed by atoms with Crippen LogP contribution in [-0.4, -0.2) is 48.9 Å². The number of unbranched alkanes of at least 4 members (excludes halogenated alkanes) is 3. The smallest absolute Gasteiger partial charge is 0.306 e. The molecule has 0 heterocycles. The molecular formula is C23H39N3O3. The predicted molar refractivity (Wildman–Crippen MR) is 119 cm³/mol. The second-order valence-electron chi connectivity index (χ2n) is 8.19. The summed E-state index contributed by atoms with van der Waals surface area (Å²) < 4.78 is 5.32. The van der Waals surface area contributed by atoms with Gasteiger partial charge < -0.3 is 20.5 Å². The number of aliphatic hydroxyl groups is 1. The number of nitrogens with zero attached hydrogens (tertiary/aromatic N) is 1. The van der Waals surface area contributed by atoms with Crippen LogP contribution in [0.1, 0.15) is 71.3 Å².